The van der Waals surface area contributed by atoms with E-state index in [2.05, 4.69) is 0 Å². The summed E-state index contributed by atoms with van der Waals surface area (Å²) in [6, 6.07) is 0. The van der Waals surface area contributed by atoms with Crippen LogP contribution in [0.5, 0.6) is 0 Å². The molecule has 0 amide bonds. The third kappa shape index (κ3) is 1.06. The quantitative estimate of drug-likeness (QED) is 0.596. The standard InChI is InChI=1S/C10H14O2/c1-2-7-6-12-9-5-3-4-8(9)10(7)11/h7H,2-6H2,1H3. The Morgan fingerprint density at radius 2 is 2.33 bits per heavy atom. The summed E-state index contributed by atoms with van der Waals surface area (Å²) in [4.78, 5) is 11.7. The fourth-order valence-corrected chi connectivity index (χ4v) is 1.96. The molecule has 2 rings (SSSR count). The van der Waals surface area contributed by atoms with Gasteiger partial charge in [0.15, 0.2) is 5.78 Å². The first-order chi connectivity index (χ1) is 5.83. The molecule has 1 heterocycles. The third-order valence-corrected chi connectivity index (χ3v) is 2.79. The van der Waals surface area contributed by atoms with Crippen molar-refractivity contribution in [3.63, 3.8) is 0 Å². The Bertz CT molecular complexity index is 240. The molecular weight excluding hydrogens is 152 g/mol. The van der Waals surface area contributed by atoms with E-state index in [0.29, 0.717) is 12.4 Å². The van der Waals surface area contributed by atoms with Crippen molar-refractivity contribution in [2.24, 2.45) is 5.92 Å². The molecule has 12 heavy (non-hydrogen) atoms. The van der Waals surface area contributed by atoms with Gasteiger partial charge in [-0.15, -0.1) is 0 Å². The summed E-state index contributed by atoms with van der Waals surface area (Å²) in [5, 5.41) is 0. The molecule has 2 heteroatoms. The van der Waals surface area contributed by atoms with Gasteiger partial charge >= 0.3 is 0 Å². The Balaban J connectivity index is 2.22. The van der Waals surface area contributed by atoms with Gasteiger partial charge in [-0.2, -0.15) is 0 Å². The van der Waals surface area contributed by atoms with Crippen molar-refractivity contribution in [3.05, 3.63) is 11.3 Å². The highest BCUT2D eigenvalue weighted by atomic mass is 16.5. The van der Waals surface area contributed by atoms with Crippen molar-refractivity contribution in [3.8, 4) is 0 Å². The Kier molecular flexibility index (Phi) is 1.91. The Morgan fingerprint density at radius 3 is 3.08 bits per heavy atom. The molecule has 1 aliphatic heterocycles. The van der Waals surface area contributed by atoms with Gasteiger partial charge in [0.05, 0.1) is 12.5 Å². The second-order valence-electron chi connectivity index (χ2n) is 3.54. The molecule has 0 aromatic rings. The van der Waals surface area contributed by atoms with Crippen molar-refractivity contribution < 1.29 is 9.53 Å². The second-order valence-corrected chi connectivity index (χ2v) is 3.54. The minimum atomic E-state index is 0.141. The van der Waals surface area contributed by atoms with E-state index in [1.165, 1.54) is 0 Å². The molecule has 0 N–H and O–H groups in total. The lowest BCUT2D eigenvalue weighted by atomic mass is 9.93. The Hall–Kier alpha value is -0.790. The van der Waals surface area contributed by atoms with Gasteiger partial charge in [-0.25, -0.2) is 0 Å². The summed E-state index contributed by atoms with van der Waals surface area (Å²) in [6.07, 6.45) is 3.95. The van der Waals surface area contributed by atoms with E-state index in [-0.39, 0.29) is 5.92 Å². The van der Waals surface area contributed by atoms with Crippen molar-refractivity contribution in [1.82, 2.24) is 0 Å². The number of ketones is 1. The normalized spacial score (nSPS) is 28.8. The molecule has 0 aromatic heterocycles. The van der Waals surface area contributed by atoms with E-state index >= 15 is 0 Å². The fraction of sp³-hybridized carbons (Fsp3) is 0.700. The Labute approximate surface area is 72.6 Å². The number of Topliss-reactive ketones (excluding diaryl/α,β-unsaturated/α-hetero) is 1. The number of carbonyl (C=O) groups is 1. The molecule has 66 valence electrons. The molecular formula is C10H14O2. The van der Waals surface area contributed by atoms with Crippen LogP contribution in [0, 0.1) is 5.92 Å². The van der Waals surface area contributed by atoms with E-state index in [9.17, 15) is 4.79 Å². The van der Waals surface area contributed by atoms with Crippen LogP contribution < -0.4 is 0 Å². The average molecular weight is 166 g/mol. The largest absolute Gasteiger partial charge is 0.497 e. The Morgan fingerprint density at radius 1 is 1.50 bits per heavy atom. The zero-order chi connectivity index (χ0) is 8.55. The minimum absolute atomic E-state index is 0.141. The number of carbonyl (C=O) groups excluding carboxylic acids is 1. The van der Waals surface area contributed by atoms with Gasteiger partial charge in [0, 0.05) is 12.0 Å². The van der Waals surface area contributed by atoms with Crippen LogP contribution in [0.2, 0.25) is 0 Å². The van der Waals surface area contributed by atoms with Crippen molar-refractivity contribution in [2.75, 3.05) is 6.61 Å². The number of ether oxygens (including phenoxy) is 1. The molecule has 2 nitrogen and oxygen atoms in total. The van der Waals surface area contributed by atoms with Gasteiger partial charge in [-0.3, -0.25) is 4.79 Å². The first kappa shape index (κ1) is 7.84. The highest BCUT2D eigenvalue weighted by molar-refractivity contribution is 5.98. The van der Waals surface area contributed by atoms with E-state index in [1.54, 1.807) is 0 Å². The highest BCUT2D eigenvalue weighted by Gasteiger charge is 2.32. The zero-order valence-corrected chi connectivity index (χ0v) is 7.43. The van der Waals surface area contributed by atoms with E-state index < -0.39 is 0 Å². The summed E-state index contributed by atoms with van der Waals surface area (Å²) in [6.45, 7) is 2.67. The first-order valence-corrected chi connectivity index (χ1v) is 4.72. The molecule has 0 aromatic carbocycles. The SMILES string of the molecule is CCC1COC2=C(CCC2)C1=O. The zero-order valence-electron chi connectivity index (χ0n) is 7.43. The predicted octanol–water partition coefficient (Wildman–Crippen LogP) is 2.05. The van der Waals surface area contributed by atoms with E-state index in [0.717, 1.165) is 37.0 Å². The smallest absolute Gasteiger partial charge is 0.168 e. The molecule has 0 fully saturated rings. The van der Waals surface area contributed by atoms with Crippen LogP contribution in [0.1, 0.15) is 32.6 Å². The maximum atomic E-state index is 11.7. The van der Waals surface area contributed by atoms with Gasteiger partial charge in [-0.05, 0) is 19.3 Å². The first-order valence-electron chi connectivity index (χ1n) is 4.72. The summed E-state index contributed by atoms with van der Waals surface area (Å²) < 4.78 is 5.53. The van der Waals surface area contributed by atoms with Crippen LogP contribution in [-0.4, -0.2) is 12.4 Å². The van der Waals surface area contributed by atoms with Gasteiger partial charge in [0.2, 0.25) is 0 Å². The van der Waals surface area contributed by atoms with Gasteiger partial charge in [0.1, 0.15) is 5.76 Å². The predicted molar refractivity (Wildman–Crippen MR) is 45.6 cm³/mol. The van der Waals surface area contributed by atoms with Crippen LogP contribution in [0.3, 0.4) is 0 Å². The van der Waals surface area contributed by atoms with E-state index in [1.807, 2.05) is 6.92 Å². The van der Waals surface area contributed by atoms with Crippen LogP contribution in [0.15, 0.2) is 11.3 Å². The van der Waals surface area contributed by atoms with Crippen LogP contribution in [0.25, 0.3) is 0 Å². The van der Waals surface area contributed by atoms with Gasteiger partial charge in [0.25, 0.3) is 0 Å². The summed E-state index contributed by atoms with van der Waals surface area (Å²) in [7, 11) is 0. The number of hydrogen-bond acceptors (Lipinski definition) is 2. The lowest BCUT2D eigenvalue weighted by Crippen LogP contribution is -2.25. The summed E-state index contributed by atoms with van der Waals surface area (Å²) in [5.41, 5.74) is 0.994. The van der Waals surface area contributed by atoms with Crippen molar-refractivity contribution >= 4 is 5.78 Å². The lowest BCUT2D eigenvalue weighted by molar-refractivity contribution is -0.122. The lowest BCUT2D eigenvalue weighted by Gasteiger charge is -2.22. The number of hydrogen-bond donors (Lipinski definition) is 0. The monoisotopic (exact) mass is 166 g/mol. The molecule has 0 saturated carbocycles. The fourth-order valence-electron chi connectivity index (χ4n) is 1.96. The molecule has 0 saturated heterocycles. The molecule has 1 unspecified atom stereocenters. The molecule has 1 atom stereocenters. The highest BCUT2D eigenvalue weighted by Crippen LogP contribution is 2.33. The molecule has 0 spiro atoms. The van der Waals surface area contributed by atoms with Gasteiger partial charge in [-0.1, -0.05) is 6.92 Å². The molecule has 2 aliphatic rings. The maximum absolute atomic E-state index is 11.7. The molecule has 0 bridgehead atoms. The average Bonchev–Trinajstić information content (AvgIpc) is 2.53. The minimum Gasteiger partial charge on any atom is -0.497 e. The second kappa shape index (κ2) is 2.92. The summed E-state index contributed by atoms with van der Waals surface area (Å²) in [5.74, 6) is 1.49. The number of rotatable bonds is 1. The topological polar surface area (TPSA) is 26.3 Å². The van der Waals surface area contributed by atoms with Crippen molar-refractivity contribution in [1.29, 1.82) is 0 Å². The maximum Gasteiger partial charge on any atom is 0.168 e. The van der Waals surface area contributed by atoms with Gasteiger partial charge < -0.3 is 4.74 Å². The van der Waals surface area contributed by atoms with Crippen LogP contribution in [0.4, 0.5) is 0 Å². The van der Waals surface area contributed by atoms with Crippen LogP contribution in [-0.2, 0) is 9.53 Å². The molecule has 1 aliphatic carbocycles. The van der Waals surface area contributed by atoms with Crippen LogP contribution >= 0.6 is 0 Å². The molecule has 0 radical (unpaired) electrons. The number of allylic oxidation sites excluding steroid dienone is 2. The van der Waals surface area contributed by atoms with E-state index in [4.69, 9.17) is 4.74 Å². The third-order valence-electron chi connectivity index (χ3n) is 2.79. The van der Waals surface area contributed by atoms with Crippen molar-refractivity contribution in [2.45, 2.75) is 32.6 Å². The summed E-state index contributed by atoms with van der Waals surface area (Å²) >= 11 is 0.